The molecule has 2 atom stereocenters. The lowest BCUT2D eigenvalue weighted by Gasteiger charge is -2.33. The monoisotopic (exact) mass is 668 g/mol. The van der Waals surface area contributed by atoms with E-state index in [1.807, 2.05) is 54.5 Å². The fourth-order valence-electron chi connectivity index (χ4n) is 4.37. The number of nitrogens with zero attached hydrogens (tertiary/aromatic N) is 2. The van der Waals surface area contributed by atoms with Gasteiger partial charge in [0.25, 0.3) is 0 Å². The molecule has 2 amide bonds. The van der Waals surface area contributed by atoms with Crippen molar-refractivity contribution in [2.24, 2.45) is 11.8 Å². The van der Waals surface area contributed by atoms with Crippen molar-refractivity contribution in [1.82, 2.24) is 9.80 Å². The van der Waals surface area contributed by atoms with Gasteiger partial charge in [0.05, 0.1) is 11.2 Å². The molecule has 0 saturated carbocycles. The maximum absolute atomic E-state index is 12.3. The molecular weight excluding hydrogens is 620 g/mol. The van der Waals surface area contributed by atoms with Gasteiger partial charge in [-0.15, -0.1) is 0 Å². The maximum Gasteiger partial charge on any atom is 0.534 e. The molecule has 3 rings (SSSR count). The van der Waals surface area contributed by atoms with Crippen molar-refractivity contribution in [3.8, 4) is 0 Å². The van der Waals surface area contributed by atoms with Crippen molar-refractivity contribution in [1.29, 1.82) is 0 Å². The van der Waals surface area contributed by atoms with E-state index in [9.17, 15) is 31.2 Å². The van der Waals surface area contributed by atoms with E-state index in [2.05, 4.69) is 11.1 Å². The van der Waals surface area contributed by atoms with Crippen LogP contribution in [0.25, 0.3) is 0 Å². The Hall–Kier alpha value is -2.46. The molecule has 45 heavy (non-hydrogen) atoms. The summed E-state index contributed by atoms with van der Waals surface area (Å²) in [6, 6.07) is 0. The van der Waals surface area contributed by atoms with Crippen molar-refractivity contribution in [2.45, 2.75) is 111 Å². The zero-order valence-electron chi connectivity index (χ0n) is 28.3. The van der Waals surface area contributed by atoms with Crippen molar-refractivity contribution in [3.63, 3.8) is 0 Å². The second-order valence-corrected chi connectivity index (χ2v) is 16.0. The van der Waals surface area contributed by atoms with Crippen LogP contribution in [-0.2, 0) is 33.1 Å². The smallest absolute Gasteiger partial charge is 0.444 e. The largest absolute Gasteiger partial charge is 0.534 e. The minimum Gasteiger partial charge on any atom is -0.444 e. The lowest BCUT2D eigenvalue weighted by Crippen LogP contribution is -2.44. The SMILES string of the molecule is CC1CN(C(=O)OC(C)(C)C)CC=C1B1OC(C)(C)C(C)(C)O1.CC1CN(C(=O)OC(C)(C)C)CC=C1OS(=O)(=O)C(F)(F)F. The summed E-state index contributed by atoms with van der Waals surface area (Å²) >= 11 is 0. The Kier molecular flexibility index (Phi) is 11.5. The molecule has 0 aromatic heterocycles. The maximum atomic E-state index is 12.3. The molecule has 0 radical (unpaired) electrons. The lowest BCUT2D eigenvalue weighted by atomic mass is 9.70. The molecule has 0 bridgehead atoms. The number of ether oxygens (including phenoxy) is 2. The first-order valence-electron chi connectivity index (χ1n) is 14.8. The van der Waals surface area contributed by atoms with E-state index in [0.717, 1.165) is 11.5 Å². The summed E-state index contributed by atoms with van der Waals surface area (Å²) in [6.45, 7) is 23.5. The van der Waals surface area contributed by atoms with Crippen LogP contribution in [0.2, 0.25) is 0 Å². The third-order valence-electron chi connectivity index (χ3n) is 7.42. The third-order valence-corrected chi connectivity index (χ3v) is 8.40. The highest BCUT2D eigenvalue weighted by Gasteiger charge is 2.53. The molecule has 16 heteroatoms. The zero-order chi connectivity index (χ0) is 35.0. The summed E-state index contributed by atoms with van der Waals surface area (Å²) in [6.07, 6.45) is 2.27. The molecular formula is C29H48BF3N2O9S. The van der Waals surface area contributed by atoms with Gasteiger partial charge in [-0.1, -0.05) is 19.9 Å². The van der Waals surface area contributed by atoms with E-state index in [4.69, 9.17) is 18.8 Å². The van der Waals surface area contributed by atoms with Gasteiger partial charge >= 0.3 is 34.9 Å². The van der Waals surface area contributed by atoms with Crippen molar-refractivity contribution < 1.29 is 54.1 Å². The van der Waals surface area contributed by atoms with Crippen molar-refractivity contribution >= 4 is 29.4 Å². The molecule has 0 N–H and O–H groups in total. The van der Waals surface area contributed by atoms with Gasteiger partial charge in [-0.05, 0) is 86.7 Å². The molecule has 0 aromatic rings. The molecule has 0 aliphatic carbocycles. The van der Waals surface area contributed by atoms with E-state index < -0.39 is 38.8 Å². The summed E-state index contributed by atoms with van der Waals surface area (Å²) in [5.74, 6) is -0.874. The molecule has 258 valence electrons. The second-order valence-electron chi connectivity index (χ2n) is 14.5. The van der Waals surface area contributed by atoms with Crippen LogP contribution in [-0.4, -0.2) is 91.6 Å². The summed E-state index contributed by atoms with van der Waals surface area (Å²) in [5, 5.41) is 0. The molecule has 3 aliphatic rings. The minimum atomic E-state index is -5.70. The first-order chi connectivity index (χ1) is 20.1. The number of halogens is 3. The Morgan fingerprint density at radius 1 is 0.822 bits per heavy atom. The molecule has 2 unspecified atom stereocenters. The Bertz CT molecular complexity index is 1250. The molecule has 1 saturated heterocycles. The predicted octanol–water partition coefficient (Wildman–Crippen LogP) is 6.05. The predicted molar refractivity (Wildman–Crippen MR) is 162 cm³/mol. The van der Waals surface area contributed by atoms with E-state index in [-0.39, 0.29) is 49.2 Å². The molecule has 1 fully saturated rings. The Morgan fingerprint density at radius 2 is 1.22 bits per heavy atom. The minimum absolute atomic E-state index is 0.00583. The molecule has 0 spiro atoms. The average molecular weight is 669 g/mol. The van der Waals surface area contributed by atoms with Crippen LogP contribution in [0.15, 0.2) is 23.4 Å². The van der Waals surface area contributed by atoms with E-state index in [1.54, 1.807) is 25.7 Å². The zero-order valence-corrected chi connectivity index (χ0v) is 29.1. The highest BCUT2D eigenvalue weighted by molar-refractivity contribution is 7.87. The van der Waals surface area contributed by atoms with E-state index in [1.165, 1.54) is 11.8 Å². The Labute approximate surface area is 265 Å². The number of rotatable bonds is 3. The van der Waals surface area contributed by atoms with Crippen LogP contribution < -0.4 is 0 Å². The molecule has 0 aromatic carbocycles. The van der Waals surface area contributed by atoms with Gasteiger partial charge in [0.2, 0.25) is 0 Å². The van der Waals surface area contributed by atoms with E-state index >= 15 is 0 Å². The number of hydrogen-bond donors (Lipinski definition) is 0. The first-order valence-corrected chi connectivity index (χ1v) is 16.2. The normalized spacial score (nSPS) is 23.8. The highest BCUT2D eigenvalue weighted by Crippen LogP contribution is 2.40. The number of amides is 2. The summed E-state index contributed by atoms with van der Waals surface area (Å²) < 4.78 is 85.7. The Morgan fingerprint density at radius 3 is 1.58 bits per heavy atom. The average Bonchev–Trinajstić information content (AvgIpc) is 3.04. The van der Waals surface area contributed by atoms with Crippen LogP contribution in [0.4, 0.5) is 22.8 Å². The van der Waals surface area contributed by atoms with Crippen LogP contribution >= 0.6 is 0 Å². The number of carbonyl (C=O) groups excluding carboxylic acids is 2. The summed E-state index contributed by atoms with van der Waals surface area (Å²) in [7, 11) is -6.04. The van der Waals surface area contributed by atoms with Crippen LogP contribution in [0, 0.1) is 11.8 Å². The lowest BCUT2D eigenvalue weighted by molar-refractivity contribution is -0.0530. The van der Waals surface area contributed by atoms with Crippen molar-refractivity contribution in [2.75, 3.05) is 26.2 Å². The van der Waals surface area contributed by atoms with Crippen molar-refractivity contribution in [3.05, 3.63) is 23.4 Å². The summed E-state index contributed by atoms with van der Waals surface area (Å²) in [4.78, 5) is 27.0. The van der Waals surface area contributed by atoms with Gasteiger partial charge in [-0.25, -0.2) is 9.59 Å². The third kappa shape index (κ3) is 10.5. The van der Waals surface area contributed by atoms with Crippen LogP contribution in [0.1, 0.15) is 83.1 Å². The van der Waals surface area contributed by atoms with Gasteiger partial charge in [-0.2, -0.15) is 21.6 Å². The number of hydrogen-bond acceptors (Lipinski definition) is 9. The van der Waals surface area contributed by atoms with E-state index in [0.29, 0.717) is 13.1 Å². The topological polar surface area (TPSA) is 121 Å². The molecule has 3 aliphatic heterocycles. The van der Waals surface area contributed by atoms with Gasteiger partial charge in [0, 0.05) is 32.1 Å². The van der Waals surface area contributed by atoms with Gasteiger partial charge in [-0.3, -0.25) is 0 Å². The highest BCUT2D eigenvalue weighted by atomic mass is 32.2. The summed E-state index contributed by atoms with van der Waals surface area (Å²) in [5.41, 5.74) is -6.25. The second kappa shape index (κ2) is 13.3. The number of carbonyl (C=O) groups is 2. The quantitative estimate of drug-likeness (QED) is 0.201. The fourth-order valence-corrected chi connectivity index (χ4v) is 4.95. The fraction of sp³-hybridized carbons (Fsp3) is 0.793. The van der Waals surface area contributed by atoms with Crippen LogP contribution in [0.3, 0.4) is 0 Å². The molecule has 11 nitrogen and oxygen atoms in total. The molecule has 3 heterocycles. The van der Waals surface area contributed by atoms with Crippen LogP contribution in [0.5, 0.6) is 0 Å². The first kappa shape index (κ1) is 38.7. The van der Waals surface area contributed by atoms with Gasteiger partial charge in [0.15, 0.2) is 0 Å². The number of alkyl halides is 3. The standard InChI is InChI=1S/C17H30BNO4.C12H18F3NO5S/c1-12-11-19(14(20)21-15(2,3)4)10-9-13(12)18-22-16(5,6)17(7,8)23-18;1-8-7-16(10(17)20-11(2,3)4)6-5-9(8)21-22(18,19)12(13,14)15/h9,12H,10-11H2,1-8H3;5,8H,6-7H2,1-4H3. The van der Waals surface area contributed by atoms with Gasteiger partial charge in [0.1, 0.15) is 17.0 Å². The van der Waals surface area contributed by atoms with Gasteiger partial charge < -0.3 is 32.8 Å². The Balaban J connectivity index is 0.000000314.